The first kappa shape index (κ1) is 14.9. The number of nitro benzene ring substituents is 1. The molecule has 1 N–H and O–H groups in total. The number of nitrogens with zero attached hydrogens (tertiary/aromatic N) is 2. The first-order valence-electron chi connectivity index (χ1n) is 7.15. The summed E-state index contributed by atoms with van der Waals surface area (Å²) in [5.41, 5.74) is 2.00. The van der Waals surface area contributed by atoms with Crippen molar-refractivity contribution in [2.45, 2.75) is 45.3 Å². The first-order valence-corrected chi connectivity index (χ1v) is 7.15. The highest BCUT2D eigenvalue weighted by atomic mass is 16.6. The maximum Gasteiger partial charge on any atom is 0.272 e. The minimum absolute atomic E-state index is 0.209. The summed E-state index contributed by atoms with van der Waals surface area (Å²) in [7, 11) is 2.16. The van der Waals surface area contributed by atoms with Gasteiger partial charge in [0.1, 0.15) is 0 Å². The average Bonchev–Trinajstić information content (AvgIpc) is 2.41. The van der Waals surface area contributed by atoms with Gasteiger partial charge in [0.05, 0.1) is 4.92 Å². The molecule has 0 radical (unpaired) electrons. The van der Waals surface area contributed by atoms with E-state index in [1.165, 1.54) is 0 Å². The van der Waals surface area contributed by atoms with Gasteiger partial charge in [0, 0.05) is 30.3 Å². The van der Waals surface area contributed by atoms with E-state index in [-0.39, 0.29) is 10.6 Å². The Labute approximate surface area is 120 Å². The largest absolute Gasteiger partial charge is 0.310 e. The molecule has 2 rings (SSSR count). The average molecular weight is 277 g/mol. The van der Waals surface area contributed by atoms with Gasteiger partial charge in [-0.25, -0.2) is 0 Å². The highest BCUT2D eigenvalue weighted by molar-refractivity contribution is 5.44. The Kier molecular flexibility index (Phi) is 4.73. The van der Waals surface area contributed by atoms with Gasteiger partial charge in [-0.15, -0.1) is 0 Å². The van der Waals surface area contributed by atoms with Gasteiger partial charge < -0.3 is 10.2 Å². The third-order valence-electron chi connectivity index (χ3n) is 4.40. The van der Waals surface area contributed by atoms with Crippen LogP contribution in [0.15, 0.2) is 18.2 Å². The Balaban J connectivity index is 1.98. The molecule has 0 bridgehead atoms. The molecule has 2 unspecified atom stereocenters. The summed E-state index contributed by atoms with van der Waals surface area (Å²) in [4.78, 5) is 13.0. The minimum Gasteiger partial charge on any atom is -0.310 e. The zero-order chi connectivity index (χ0) is 14.7. The Bertz CT molecular complexity index is 490. The van der Waals surface area contributed by atoms with E-state index in [2.05, 4.69) is 24.2 Å². The molecular weight excluding hydrogens is 254 g/mol. The van der Waals surface area contributed by atoms with E-state index in [1.807, 2.05) is 13.0 Å². The van der Waals surface area contributed by atoms with Gasteiger partial charge in [-0.2, -0.15) is 0 Å². The molecule has 20 heavy (non-hydrogen) atoms. The van der Waals surface area contributed by atoms with Gasteiger partial charge in [-0.1, -0.05) is 12.1 Å². The molecular formula is C15H23N3O2. The van der Waals surface area contributed by atoms with Crippen LogP contribution in [-0.4, -0.2) is 35.5 Å². The summed E-state index contributed by atoms with van der Waals surface area (Å²) < 4.78 is 0. The second-order valence-corrected chi connectivity index (χ2v) is 5.75. The summed E-state index contributed by atoms with van der Waals surface area (Å²) in [6.07, 6.45) is 2.26. The fourth-order valence-electron chi connectivity index (χ4n) is 2.79. The summed E-state index contributed by atoms with van der Waals surface area (Å²) in [6, 6.07) is 6.39. The van der Waals surface area contributed by atoms with Crippen molar-refractivity contribution < 1.29 is 4.92 Å². The summed E-state index contributed by atoms with van der Waals surface area (Å²) in [6.45, 7) is 5.88. The molecule has 1 aliphatic heterocycles. The highest BCUT2D eigenvalue weighted by Crippen LogP contribution is 2.22. The summed E-state index contributed by atoms with van der Waals surface area (Å²) in [5, 5.41) is 14.5. The van der Waals surface area contributed by atoms with E-state index in [0.717, 1.165) is 30.5 Å². The van der Waals surface area contributed by atoms with Crippen LogP contribution >= 0.6 is 0 Å². The fourth-order valence-corrected chi connectivity index (χ4v) is 2.79. The van der Waals surface area contributed by atoms with Gasteiger partial charge >= 0.3 is 0 Å². The van der Waals surface area contributed by atoms with Crippen molar-refractivity contribution in [3.63, 3.8) is 0 Å². The molecule has 1 fully saturated rings. The number of rotatable bonds is 4. The molecule has 1 aliphatic rings. The first-order chi connectivity index (χ1) is 9.49. The molecule has 1 aromatic carbocycles. The van der Waals surface area contributed by atoms with Crippen LogP contribution in [-0.2, 0) is 6.54 Å². The smallest absolute Gasteiger partial charge is 0.272 e. The van der Waals surface area contributed by atoms with Crippen molar-refractivity contribution in [1.82, 2.24) is 10.2 Å². The lowest BCUT2D eigenvalue weighted by Gasteiger charge is -2.35. The van der Waals surface area contributed by atoms with Crippen LogP contribution in [0, 0.1) is 17.0 Å². The second kappa shape index (κ2) is 6.33. The fraction of sp³-hybridized carbons (Fsp3) is 0.600. The number of hydrogen-bond donors (Lipinski definition) is 1. The lowest BCUT2D eigenvalue weighted by atomic mass is 9.98. The lowest BCUT2D eigenvalue weighted by molar-refractivity contribution is -0.385. The molecule has 0 amide bonds. The van der Waals surface area contributed by atoms with Gasteiger partial charge in [-0.05, 0) is 45.8 Å². The van der Waals surface area contributed by atoms with Crippen molar-refractivity contribution >= 4 is 5.69 Å². The van der Waals surface area contributed by atoms with Crippen LogP contribution in [0.2, 0.25) is 0 Å². The number of nitrogens with one attached hydrogen (secondary N) is 1. The third kappa shape index (κ3) is 3.35. The second-order valence-electron chi connectivity index (χ2n) is 5.75. The molecule has 1 saturated heterocycles. The quantitative estimate of drug-likeness (QED) is 0.678. The summed E-state index contributed by atoms with van der Waals surface area (Å²) >= 11 is 0. The Morgan fingerprint density at radius 2 is 2.25 bits per heavy atom. The van der Waals surface area contributed by atoms with Crippen LogP contribution in [0.4, 0.5) is 5.69 Å². The Morgan fingerprint density at radius 1 is 1.50 bits per heavy atom. The van der Waals surface area contributed by atoms with Crippen LogP contribution in [0.3, 0.4) is 0 Å². The molecule has 5 nitrogen and oxygen atoms in total. The topological polar surface area (TPSA) is 58.4 Å². The maximum atomic E-state index is 10.9. The maximum absolute atomic E-state index is 10.9. The summed E-state index contributed by atoms with van der Waals surface area (Å²) in [5.74, 6) is 0. The predicted molar refractivity (Wildman–Crippen MR) is 79.8 cm³/mol. The van der Waals surface area contributed by atoms with Gasteiger partial charge in [-0.3, -0.25) is 10.1 Å². The molecule has 0 spiro atoms. The van der Waals surface area contributed by atoms with Crippen LogP contribution in [0.5, 0.6) is 0 Å². The van der Waals surface area contributed by atoms with E-state index in [1.54, 1.807) is 12.1 Å². The normalized spacial score (nSPS) is 23.8. The monoisotopic (exact) mass is 277 g/mol. The van der Waals surface area contributed by atoms with Crippen molar-refractivity contribution in [3.8, 4) is 0 Å². The molecule has 0 saturated carbocycles. The molecule has 5 heteroatoms. The number of likely N-dealkylation sites (tertiary alicyclic amines) is 1. The van der Waals surface area contributed by atoms with Gasteiger partial charge in [0.2, 0.25) is 0 Å². The molecule has 0 aromatic heterocycles. The predicted octanol–water partition coefficient (Wildman–Crippen LogP) is 2.48. The van der Waals surface area contributed by atoms with Crippen LogP contribution < -0.4 is 5.32 Å². The van der Waals surface area contributed by atoms with E-state index < -0.39 is 0 Å². The lowest BCUT2D eigenvalue weighted by Crippen LogP contribution is -2.45. The van der Waals surface area contributed by atoms with Crippen LogP contribution in [0.1, 0.15) is 30.9 Å². The van der Waals surface area contributed by atoms with Crippen molar-refractivity contribution in [1.29, 1.82) is 0 Å². The Hall–Kier alpha value is -1.46. The zero-order valence-electron chi connectivity index (χ0n) is 12.4. The molecule has 110 valence electrons. The number of hydrogen-bond acceptors (Lipinski definition) is 4. The minimum atomic E-state index is -0.309. The van der Waals surface area contributed by atoms with Crippen molar-refractivity contribution in [3.05, 3.63) is 39.4 Å². The number of benzene rings is 1. The van der Waals surface area contributed by atoms with E-state index in [4.69, 9.17) is 0 Å². The van der Waals surface area contributed by atoms with Crippen molar-refractivity contribution in [2.24, 2.45) is 0 Å². The van der Waals surface area contributed by atoms with Gasteiger partial charge in [0.25, 0.3) is 5.69 Å². The highest BCUT2D eigenvalue weighted by Gasteiger charge is 2.22. The van der Waals surface area contributed by atoms with E-state index in [9.17, 15) is 10.1 Å². The standard InChI is InChI=1S/C15H23N3O2/c1-11-9-14(7-8-17(11)3)16-10-13-5-4-6-15(12(13)2)18(19)20/h4-6,11,14,16H,7-10H2,1-3H3. The van der Waals surface area contributed by atoms with E-state index in [0.29, 0.717) is 18.6 Å². The number of nitro groups is 1. The molecule has 1 heterocycles. The zero-order valence-corrected chi connectivity index (χ0v) is 12.4. The third-order valence-corrected chi connectivity index (χ3v) is 4.40. The van der Waals surface area contributed by atoms with E-state index >= 15 is 0 Å². The molecule has 0 aliphatic carbocycles. The van der Waals surface area contributed by atoms with Gasteiger partial charge in [0.15, 0.2) is 0 Å². The number of piperidine rings is 1. The SMILES string of the molecule is Cc1c(CNC2CCN(C)C(C)C2)cccc1[N+](=O)[O-]. The molecule has 1 aromatic rings. The van der Waals surface area contributed by atoms with Crippen LogP contribution in [0.25, 0.3) is 0 Å². The molecule has 2 atom stereocenters. The Morgan fingerprint density at radius 3 is 2.90 bits per heavy atom. The van der Waals surface area contributed by atoms with Crippen molar-refractivity contribution in [2.75, 3.05) is 13.6 Å².